The highest BCUT2D eigenvalue weighted by Crippen LogP contribution is 2.14. The van der Waals surface area contributed by atoms with Crippen molar-refractivity contribution in [2.75, 3.05) is 0 Å². The summed E-state index contributed by atoms with van der Waals surface area (Å²) in [6, 6.07) is 6.89. The molecule has 0 heterocycles. The van der Waals surface area contributed by atoms with Crippen LogP contribution in [-0.4, -0.2) is 17.0 Å². The number of carboxylic acid groups (broad SMARTS) is 1. The third kappa shape index (κ3) is 2.95. The molecule has 1 aromatic carbocycles. The fourth-order valence-electron chi connectivity index (χ4n) is 1.15. The number of hydrogen-bond acceptors (Lipinski definition) is 2. The summed E-state index contributed by atoms with van der Waals surface area (Å²) in [5, 5.41) is 8.56. The van der Waals surface area contributed by atoms with Gasteiger partial charge in [-0.2, -0.15) is 0 Å². The van der Waals surface area contributed by atoms with E-state index in [1.807, 2.05) is 6.92 Å². The highest BCUT2D eigenvalue weighted by atomic mass is 16.4. The van der Waals surface area contributed by atoms with Crippen molar-refractivity contribution >= 4 is 17.4 Å². The maximum Gasteiger partial charge on any atom is 0.329 e. The van der Waals surface area contributed by atoms with Gasteiger partial charge in [0.1, 0.15) is 0 Å². The SMILES string of the molecule is Cc1ccc(/C(=C/C(=O)O)C(N)=O)cc1. The van der Waals surface area contributed by atoms with Crippen molar-refractivity contribution < 1.29 is 14.7 Å². The fourth-order valence-corrected chi connectivity index (χ4v) is 1.15. The molecule has 15 heavy (non-hydrogen) atoms. The molecular formula is C11H11NO3. The maximum atomic E-state index is 11.0. The predicted molar refractivity (Wildman–Crippen MR) is 56.0 cm³/mol. The maximum absolute atomic E-state index is 11.0. The number of amides is 1. The van der Waals surface area contributed by atoms with E-state index in [0.29, 0.717) is 5.56 Å². The summed E-state index contributed by atoms with van der Waals surface area (Å²) in [6.07, 6.45) is 0.812. The van der Waals surface area contributed by atoms with Gasteiger partial charge in [0, 0.05) is 6.08 Å². The summed E-state index contributed by atoms with van der Waals surface area (Å²) in [5.74, 6) is -1.94. The lowest BCUT2D eigenvalue weighted by atomic mass is 10.0. The van der Waals surface area contributed by atoms with E-state index in [4.69, 9.17) is 10.8 Å². The summed E-state index contributed by atoms with van der Waals surface area (Å²) < 4.78 is 0. The molecule has 0 unspecified atom stereocenters. The minimum absolute atomic E-state index is 0.00231. The molecule has 1 amide bonds. The molecule has 0 atom stereocenters. The molecule has 0 bridgehead atoms. The first-order chi connectivity index (χ1) is 7.00. The summed E-state index contributed by atoms with van der Waals surface area (Å²) in [4.78, 5) is 21.5. The van der Waals surface area contributed by atoms with Crippen LogP contribution in [0.2, 0.25) is 0 Å². The molecule has 78 valence electrons. The lowest BCUT2D eigenvalue weighted by Crippen LogP contribution is -2.14. The normalized spacial score (nSPS) is 11.1. The second kappa shape index (κ2) is 4.41. The van der Waals surface area contributed by atoms with Crippen LogP contribution in [0.1, 0.15) is 11.1 Å². The number of aryl methyl sites for hydroxylation is 1. The Morgan fingerprint density at radius 2 is 1.80 bits per heavy atom. The molecular weight excluding hydrogens is 194 g/mol. The van der Waals surface area contributed by atoms with Gasteiger partial charge in [-0.25, -0.2) is 4.79 Å². The van der Waals surface area contributed by atoms with Crippen LogP contribution in [0.3, 0.4) is 0 Å². The van der Waals surface area contributed by atoms with Gasteiger partial charge >= 0.3 is 5.97 Å². The van der Waals surface area contributed by atoms with Gasteiger partial charge < -0.3 is 10.8 Å². The van der Waals surface area contributed by atoms with E-state index >= 15 is 0 Å². The van der Waals surface area contributed by atoms with Gasteiger partial charge in [0.25, 0.3) is 0 Å². The van der Waals surface area contributed by atoms with Crippen molar-refractivity contribution in [3.05, 3.63) is 41.5 Å². The lowest BCUT2D eigenvalue weighted by molar-refractivity contribution is -0.131. The highest BCUT2D eigenvalue weighted by Gasteiger charge is 2.09. The van der Waals surface area contributed by atoms with Gasteiger partial charge in [-0.15, -0.1) is 0 Å². The number of primary amides is 1. The predicted octanol–water partition coefficient (Wildman–Crippen LogP) is 0.948. The molecule has 0 saturated heterocycles. The van der Waals surface area contributed by atoms with Gasteiger partial charge in [0.15, 0.2) is 0 Å². The number of carbonyl (C=O) groups excluding carboxylic acids is 1. The van der Waals surface area contributed by atoms with E-state index in [0.717, 1.165) is 11.6 Å². The Bertz CT molecular complexity index is 418. The minimum Gasteiger partial charge on any atom is -0.478 e. The van der Waals surface area contributed by atoms with E-state index in [2.05, 4.69) is 0 Å². The molecule has 0 aliphatic rings. The van der Waals surface area contributed by atoms with E-state index in [1.165, 1.54) is 0 Å². The molecule has 1 aromatic rings. The first-order valence-electron chi connectivity index (χ1n) is 4.32. The second-order valence-electron chi connectivity index (χ2n) is 3.13. The Balaban J connectivity index is 3.16. The van der Waals surface area contributed by atoms with Crippen molar-refractivity contribution in [3.63, 3.8) is 0 Å². The third-order valence-corrected chi connectivity index (χ3v) is 1.90. The highest BCUT2D eigenvalue weighted by molar-refractivity contribution is 6.22. The standard InChI is InChI=1S/C11H11NO3/c1-7-2-4-8(5-3-7)9(11(12)15)6-10(13)14/h2-6H,1H3,(H2,12,15)(H,13,14)/b9-6-. The van der Waals surface area contributed by atoms with Crippen molar-refractivity contribution in [2.24, 2.45) is 5.73 Å². The van der Waals surface area contributed by atoms with Gasteiger partial charge in [-0.3, -0.25) is 4.79 Å². The third-order valence-electron chi connectivity index (χ3n) is 1.90. The van der Waals surface area contributed by atoms with Gasteiger partial charge in [0.05, 0.1) is 5.57 Å². The number of aliphatic carboxylic acids is 1. The lowest BCUT2D eigenvalue weighted by Gasteiger charge is -2.02. The quantitative estimate of drug-likeness (QED) is 0.721. The van der Waals surface area contributed by atoms with Crippen LogP contribution in [0, 0.1) is 6.92 Å². The van der Waals surface area contributed by atoms with Crippen molar-refractivity contribution in [3.8, 4) is 0 Å². The Labute approximate surface area is 87.0 Å². The van der Waals surface area contributed by atoms with Crippen LogP contribution in [-0.2, 0) is 9.59 Å². The van der Waals surface area contributed by atoms with Crippen LogP contribution in [0.25, 0.3) is 5.57 Å². The number of carbonyl (C=O) groups is 2. The summed E-state index contributed by atoms with van der Waals surface area (Å²) in [5.41, 5.74) is 6.62. The molecule has 4 nitrogen and oxygen atoms in total. The van der Waals surface area contributed by atoms with Gasteiger partial charge in [-0.05, 0) is 12.5 Å². The van der Waals surface area contributed by atoms with Crippen LogP contribution in [0.5, 0.6) is 0 Å². The van der Waals surface area contributed by atoms with Crippen LogP contribution < -0.4 is 5.73 Å². The fraction of sp³-hybridized carbons (Fsp3) is 0.0909. The Morgan fingerprint density at radius 3 is 2.20 bits per heavy atom. The molecule has 0 radical (unpaired) electrons. The van der Waals surface area contributed by atoms with E-state index in [1.54, 1.807) is 24.3 Å². The van der Waals surface area contributed by atoms with Gasteiger partial charge in [-0.1, -0.05) is 29.8 Å². The van der Waals surface area contributed by atoms with Crippen LogP contribution >= 0.6 is 0 Å². The van der Waals surface area contributed by atoms with Gasteiger partial charge in [0.2, 0.25) is 5.91 Å². The van der Waals surface area contributed by atoms with Crippen molar-refractivity contribution in [2.45, 2.75) is 6.92 Å². The van der Waals surface area contributed by atoms with E-state index in [9.17, 15) is 9.59 Å². The topological polar surface area (TPSA) is 80.4 Å². The monoisotopic (exact) mass is 205 g/mol. The Morgan fingerprint density at radius 1 is 1.27 bits per heavy atom. The first kappa shape index (κ1) is 11.0. The summed E-state index contributed by atoms with van der Waals surface area (Å²) >= 11 is 0. The number of rotatable bonds is 3. The molecule has 3 N–H and O–H groups in total. The molecule has 0 aliphatic carbocycles. The average molecular weight is 205 g/mol. The Hall–Kier alpha value is -2.10. The van der Waals surface area contributed by atoms with E-state index < -0.39 is 11.9 Å². The molecule has 0 aliphatic heterocycles. The second-order valence-corrected chi connectivity index (χ2v) is 3.13. The summed E-state index contributed by atoms with van der Waals surface area (Å²) in [7, 11) is 0. The number of carboxylic acids is 1. The number of nitrogens with two attached hydrogens (primary N) is 1. The molecule has 0 saturated carbocycles. The minimum atomic E-state index is -1.19. The molecule has 0 spiro atoms. The smallest absolute Gasteiger partial charge is 0.329 e. The Kier molecular flexibility index (Phi) is 3.23. The number of hydrogen-bond donors (Lipinski definition) is 2. The average Bonchev–Trinajstić information content (AvgIpc) is 2.15. The van der Waals surface area contributed by atoms with Crippen LogP contribution in [0.4, 0.5) is 0 Å². The molecule has 4 heteroatoms. The molecule has 0 aromatic heterocycles. The molecule has 1 rings (SSSR count). The number of benzene rings is 1. The van der Waals surface area contributed by atoms with Crippen LogP contribution in [0.15, 0.2) is 30.3 Å². The van der Waals surface area contributed by atoms with E-state index in [-0.39, 0.29) is 5.57 Å². The zero-order chi connectivity index (χ0) is 11.4. The first-order valence-corrected chi connectivity index (χ1v) is 4.32. The zero-order valence-corrected chi connectivity index (χ0v) is 8.23. The van der Waals surface area contributed by atoms with Crippen molar-refractivity contribution in [1.82, 2.24) is 0 Å². The summed E-state index contributed by atoms with van der Waals surface area (Å²) in [6.45, 7) is 1.90. The largest absolute Gasteiger partial charge is 0.478 e. The zero-order valence-electron chi connectivity index (χ0n) is 8.23. The van der Waals surface area contributed by atoms with Crippen molar-refractivity contribution in [1.29, 1.82) is 0 Å². The molecule has 0 fully saturated rings.